The van der Waals surface area contributed by atoms with E-state index in [-0.39, 0.29) is 37.1 Å². The Hall–Kier alpha value is -3.86. The Morgan fingerprint density at radius 1 is 1.15 bits per heavy atom. The molecule has 3 saturated heterocycles. The van der Waals surface area contributed by atoms with Gasteiger partial charge in [0.05, 0.1) is 12.9 Å². The number of piperidine rings is 2. The van der Waals surface area contributed by atoms with Gasteiger partial charge in [0, 0.05) is 37.2 Å². The molecule has 1 atom stereocenters. The number of alkyl halides is 2. The lowest BCUT2D eigenvalue weighted by Gasteiger charge is -2.28. The summed E-state index contributed by atoms with van der Waals surface area (Å²) < 4.78 is 34.5. The van der Waals surface area contributed by atoms with Gasteiger partial charge in [-0.15, -0.1) is 0 Å². The molecule has 3 aliphatic rings. The summed E-state index contributed by atoms with van der Waals surface area (Å²) in [7, 11) is 0. The van der Waals surface area contributed by atoms with Crippen molar-refractivity contribution in [3.05, 3.63) is 72.6 Å². The van der Waals surface area contributed by atoms with Crippen molar-refractivity contribution < 1.29 is 32.7 Å². The van der Waals surface area contributed by atoms with E-state index in [1.165, 1.54) is 48.7 Å². The van der Waals surface area contributed by atoms with E-state index in [4.69, 9.17) is 4.74 Å². The Morgan fingerprint density at radius 2 is 1.88 bits per heavy atom. The van der Waals surface area contributed by atoms with E-state index < -0.39 is 41.2 Å². The Kier molecular flexibility index (Phi) is 10.7. The first-order valence-corrected chi connectivity index (χ1v) is 13.3. The maximum Gasteiger partial charge on any atom is 0.349 e. The molecule has 0 saturated carbocycles. The lowest BCUT2D eigenvalue weighted by molar-refractivity contribution is -0.142. The van der Waals surface area contributed by atoms with E-state index >= 15 is 0 Å². The average Bonchev–Trinajstić information content (AvgIpc) is 3.19. The van der Waals surface area contributed by atoms with Crippen LogP contribution in [0.25, 0.3) is 0 Å². The zero-order valence-corrected chi connectivity index (χ0v) is 22.6. The third-order valence-electron chi connectivity index (χ3n) is 6.93. The summed E-state index contributed by atoms with van der Waals surface area (Å²) in [5, 5.41) is 4.34. The molecule has 0 spiro atoms. The van der Waals surface area contributed by atoms with Crippen LogP contribution < -0.4 is 10.6 Å². The Bertz CT molecular complexity index is 1150. The number of hydrogen-bond acceptors (Lipinski definition) is 6. The van der Waals surface area contributed by atoms with Crippen LogP contribution in [0.3, 0.4) is 0 Å². The minimum atomic E-state index is -3.86. The summed E-state index contributed by atoms with van der Waals surface area (Å²) in [6, 6.07) is -0.806. The van der Waals surface area contributed by atoms with Crippen LogP contribution in [0.5, 0.6) is 0 Å². The molecule has 11 heteroatoms. The number of imide groups is 1. The van der Waals surface area contributed by atoms with Gasteiger partial charge in [-0.2, -0.15) is 8.78 Å². The summed E-state index contributed by atoms with van der Waals surface area (Å²) in [6.07, 6.45) is 10.6. The van der Waals surface area contributed by atoms with Crippen molar-refractivity contribution in [3.63, 3.8) is 0 Å². The topological polar surface area (TPSA) is 108 Å². The van der Waals surface area contributed by atoms with Gasteiger partial charge in [-0.25, -0.2) is 0 Å². The quantitative estimate of drug-likeness (QED) is 0.125. The minimum absolute atomic E-state index is 0.0458. The van der Waals surface area contributed by atoms with Crippen molar-refractivity contribution >= 4 is 23.6 Å². The fourth-order valence-electron chi connectivity index (χ4n) is 4.58. The molecule has 3 fully saturated rings. The van der Waals surface area contributed by atoms with Crippen molar-refractivity contribution in [2.45, 2.75) is 44.1 Å². The molecule has 3 rings (SSSR count). The van der Waals surface area contributed by atoms with Crippen LogP contribution in [0.2, 0.25) is 0 Å². The fourth-order valence-corrected chi connectivity index (χ4v) is 4.58. The lowest BCUT2D eigenvalue weighted by atomic mass is 10.0. The number of hydrogen-bond donors (Lipinski definition) is 2. The molecule has 1 unspecified atom stereocenters. The van der Waals surface area contributed by atoms with E-state index in [0.29, 0.717) is 12.2 Å². The number of halogens is 2. The SMILES string of the molecule is C=C(/C=C1/CN(C2CCC(=O)NC2=O)C(=O)C1=C)CNC(=O)C(F)(F)C(=C)/C=C\C=C\OCCN1CCCCC1. The number of carbonyl (C=O) groups excluding carboxylic acids is 4. The second-order valence-electron chi connectivity index (χ2n) is 9.95. The number of carbonyl (C=O) groups is 4. The van der Waals surface area contributed by atoms with Crippen molar-refractivity contribution in [3.8, 4) is 0 Å². The summed E-state index contributed by atoms with van der Waals surface area (Å²) in [5.74, 6) is -6.83. The van der Waals surface area contributed by atoms with E-state index in [2.05, 4.69) is 35.3 Å². The third kappa shape index (κ3) is 8.08. The second-order valence-corrected chi connectivity index (χ2v) is 9.95. The molecule has 40 heavy (non-hydrogen) atoms. The number of amides is 4. The van der Waals surface area contributed by atoms with Crippen LogP contribution in [0, 0.1) is 0 Å². The molecule has 9 nitrogen and oxygen atoms in total. The number of ether oxygens (including phenoxy) is 1. The van der Waals surface area contributed by atoms with Gasteiger partial charge in [-0.3, -0.25) is 29.4 Å². The summed E-state index contributed by atoms with van der Waals surface area (Å²) in [6.45, 7) is 14.0. The van der Waals surface area contributed by atoms with Gasteiger partial charge < -0.3 is 15.0 Å². The monoisotopic (exact) mass is 558 g/mol. The molecule has 0 radical (unpaired) electrons. The van der Waals surface area contributed by atoms with Crippen molar-refractivity contribution in [1.29, 1.82) is 0 Å². The Morgan fingerprint density at radius 3 is 2.58 bits per heavy atom. The third-order valence-corrected chi connectivity index (χ3v) is 6.93. The van der Waals surface area contributed by atoms with Crippen LogP contribution in [-0.2, 0) is 23.9 Å². The van der Waals surface area contributed by atoms with Crippen LogP contribution >= 0.6 is 0 Å². The first-order valence-electron chi connectivity index (χ1n) is 13.3. The van der Waals surface area contributed by atoms with E-state index in [1.807, 2.05) is 0 Å². The molecule has 0 aliphatic carbocycles. The first kappa shape index (κ1) is 30.7. The number of allylic oxidation sites excluding steroid dienone is 3. The summed E-state index contributed by atoms with van der Waals surface area (Å²) in [4.78, 5) is 52.0. The van der Waals surface area contributed by atoms with E-state index in [0.717, 1.165) is 25.7 Å². The molecule has 4 amide bonds. The van der Waals surface area contributed by atoms with Crippen molar-refractivity contribution in [2.75, 3.05) is 39.3 Å². The standard InChI is InChI=1S/C29H36F2N4O5/c1-20(17-23-19-35(27(38)22(23)3)24-10-11-25(36)33-26(24)37)18-32-28(39)29(30,31)21(2)9-5-8-15-40-16-14-34-12-6-4-7-13-34/h5,8-9,15,17,24H,1-4,6-7,10-14,16,18-19H2,(H,32,39)(H,33,36,37)/b9-5-,15-8+,23-17-. The fraction of sp³-hybridized carbons (Fsp3) is 0.448. The molecule has 3 aliphatic heterocycles. The van der Waals surface area contributed by atoms with Gasteiger partial charge >= 0.3 is 5.92 Å². The zero-order chi connectivity index (χ0) is 29.3. The zero-order valence-electron chi connectivity index (χ0n) is 22.6. The van der Waals surface area contributed by atoms with E-state index in [1.54, 1.807) is 0 Å². The van der Waals surface area contributed by atoms with Gasteiger partial charge in [-0.1, -0.05) is 44.4 Å². The highest BCUT2D eigenvalue weighted by Gasteiger charge is 2.41. The highest BCUT2D eigenvalue weighted by Crippen LogP contribution is 2.28. The molecule has 3 heterocycles. The van der Waals surface area contributed by atoms with Gasteiger partial charge in [0.2, 0.25) is 11.8 Å². The maximum absolute atomic E-state index is 14.5. The average molecular weight is 559 g/mol. The van der Waals surface area contributed by atoms with Crippen LogP contribution in [-0.4, -0.2) is 84.7 Å². The number of nitrogens with one attached hydrogen (secondary N) is 2. The van der Waals surface area contributed by atoms with Crippen LogP contribution in [0.4, 0.5) is 8.78 Å². The predicted octanol–water partition coefficient (Wildman–Crippen LogP) is 2.55. The molecular formula is C29H36F2N4O5. The summed E-state index contributed by atoms with van der Waals surface area (Å²) >= 11 is 0. The Labute approximate surface area is 233 Å². The molecular weight excluding hydrogens is 522 g/mol. The molecule has 0 aromatic carbocycles. The first-order chi connectivity index (χ1) is 19.0. The van der Waals surface area contributed by atoms with Crippen LogP contribution in [0.1, 0.15) is 32.1 Å². The Balaban J connectivity index is 1.44. The molecule has 0 bridgehead atoms. The lowest BCUT2D eigenvalue weighted by Crippen LogP contribution is -2.52. The molecule has 216 valence electrons. The summed E-state index contributed by atoms with van der Waals surface area (Å²) in [5.41, 5.74) is 0.133. The molecule has 0 aromatic heterocycles. The molecule has 2 N–H and O–H groups in total. The smallest absolute Gasteiger partial charge is 0.349 e. The number of likely N-dealkylation sites (tertiary alicyclic amines) is 2. The van der Waals surface area contributed by atoms with Crippen molar-refractivity contribution in [1.82, 2.24) is 20.4 Å². The minimum Gasteiger partial charge on any atom is -0.500 e. The van der Waals surface area contributed by atoms with Gasteiger partial charge in [0.25, 0.3) is 11.8 Å². The highest BCUT2D eigenvalue weighted by atomic mass is 19.3. The number of nitrogens with zero attached hydrogens (tertiary/aromatic N) is 2. The van der Waals surface area contributed by atoms with Gasteiger partial charge in [-0.05, 0) is 49.6 Å². The normalized spacial score (nSPS) is 21.9. The van der Waals surface area contributed by atoms with Gasteiger partial charge in [0.15, 0.2) is 0 Å². The highest BCUT2D eigenvalue weighted by molar-refractivity contribution is 6.06. The molecule has 0 aromatic rings. The van der Waals surface area contributed by atoms with E-state index in [9.17, 15) is 28.0 Å². The number of rotatable bonds is 12. The largest absolute Gasteiger partial charge is 0.500 e. The maximum atomic E-state index is 14.5. The van der Waals surface area contributed by atoms with Crippen LogP contribution in [0.15, 0.2) is 72.6 Å². The van der Waals surface area contributed by atoms with Crippen molar-refractivity contribution in [2.24, 2.45) is 0 Å². The van der Waals surface area contributed by atoms with Gasteiger partial charge in [0.1, 0.15) is 6.04 Å². The second kappa shape index (κ2) is 14.0. The predicted molar refractivity (Wildman–Crippen MR) is 146 cm³/mol.